The van der Waals surface area contributed by atoms with Gasteiger partial charge in [0.1, 0.15) is 0 Å². The van der Waals surface area contributed by atoms with E-state index in [0.29, 0.717) is 4.47 Å². The van der Waals surface area contributed by atoms with Crippen molar-refractivity contribution in [2.75, 3.05) is 18.9 Å². The van der Waals surface area contributed by atoms with Gasteiger partial charge in [0, 0.05) is 16.8 Å². The third-order valence-electron chi connectivity index (χ3n) is 2.61. The molecule has 1 heterocycles. The number of likely N-dealkylation sites (N-methyl/N-ethyl adjacent to an activating group) is 1. The highest BCUT2D eigenvalue weighted by atomic mass is 35.5. The summed E-state index contributed by atoms with van der Waals surface area (Å²) in [5, 5.41) is 6.50. The topological polar surface area (TPSA) is 37.0 Å². The molecule has 2 aromatic rings. The van der Waals surface area contributed by atoms with Crippen LogP contribution in [0.2, 0.25) is 4.47 Å². The van der Waals surface area contributed by atoms with Gasteiger partial charge in [0.2, 0.25) is 0 Å². The molecule has 2 N–H and O–H groups in total. The molecule has 0 aliphatic heterocycles. The quantitative estimate of drug-likeness (QED) is 0.854. The van der Waals surface area contributed by atoms with Gasteiger partial charge in [-0.3, -0.25) is 0 Å². The number of hydrogen-bond acceptors (Lipinski definition) is 4. The Labute approximate surface area is 116 Å². The normalized spacial score (nSPS) is 10.6. The van der Waals surface area contributed by atoms with Gasteiger partial charge >= 0.3 is 0 Å². The molecule has 0 atom stereocenters. The molecule has 0 saturated heterocycles. The Kier molecular flexibility index (Phi) is 4.99. The first-order valence-electron chi connectivity index (χ1n) is 5.85. The van der Waals surface area contributed by atoms with Gasteiger partial charge in [-0.05, 0) is 37.7 Å². The SMILES string of the molecule is CNCCc1ccc(NCc2cnc(Cl)s2)cc1. The number of anilines is 1. The van der Waals surface area contributed by atoms with Crippen molar-refractivity contribution >= 4 is 28.6 Å². The van der Waals surface area contributed by atoms with Crippen molar-refractivity contribution in [1.29, 1.82) is 0 Å². The Morgan fingerprint density at radius 2 is 2.06 bits per heavy atom. The van der Waals surface area contributed by atoms with Crippen molar-refractivity contribution in [3.8, 4) is 0 Å². The van der Waals surface area contributed by atoms with Crippen molar-refractivity contribution in [2.24, 2.45) is 0 Å². The average Bonchev–Trinajstić information content (AvgIpc) is 2.81. The van der Waals surface area contributed by atoms with Crippen LogP contribution in [0.5, 0.6) is 0 Å². The van der Waals surface area contributed by atoms with Crippen molar-refractivity contribution < 1.29 is 0 Å². The zero-order chi connectivity index (χ0) is 12.8. The van der Waals surface area contributed by atoms with Crippen molar-refractivity contribution in [2.45, 2.75) is 13.0 Å². The average molecular weight is 282 g/mol. The molecule has 5 heteroatoms. The smallest absolute Gasteiger partial charge is 0.183 e. The minimum atomic E-state index is 0.592. The largest absolute Gasteiger partial charge is 0.380 e. The molecule has 0 aliphatic rings. The zero-order valence-electron chi connectivity index (χ0n) is 10.2. The predicted octanol–water partition coefficient (Wildman–Crippen LogP) is 3.17. The van der Waals surface area contributed by atoms with Gasteiger partial charge in [-0.1, -0.05) is 23.7 Å². The van der Waals surface area contributed by atoms with E-state index in [9.17, 15) is 0 Å². The summed E-state index contributed by atoms with van der Waals surface area (Å²) >= 11 is 7.29. The molecule has 0 unspecified atom stereocenters. The fourth-order valence-electron chi connectivity index (χ4n) is 1.61. The Balaban J connectivity index is 1.86. The summed E-state index contributed by atoms with van der Waals surface area (Å²) < 4.78 is 0.592. The first kappa shape index (κ1) is 13.3. The van der Waals surface area contributed by atoms with E-state index in [1.807, 2.05) is 7.05 Å². The minimum Gasteiger partial charge on any atom is -0.380 e. The third kappa shape index (κ3) is 3.98. The lowest BCUT2D eigenvalue weighted by atomic mass is 10.1. The molecule has 0 saturated carbocycles. The van der Waals surface area contributed by atoms with Crippen LogP contribution >= 0.6 is 22.9 Å². The Hall–Kier alpha value is -1.10. The number of halogens is 1. The second-order valence-corrected chi connectivity index (χ2v) is 5.68. The molecular formula is C13H16ClN3S. The maximum Gasteiger partial charge on any atom is 0.183 e. The highest BCUT2D eigenvalue weighted by molar-refractivity contribution is 7.15. The number of thiazole rings is 1. The standard InChI is InChI=1S/C13H16ClN3S/c1-15-7-6-10-2-4-11(5-3-10)16-8-12-9-17-13(14)18-12/h2-5,9,15-16H,6-8H2,1H3. The molecule has 0 fully saturated rings. The van der Waals surface area contributed by atoms with Crippen LogP contribution in [0.3, 0.4) is 0 Å². The van der Waals surface area contributed by atoms with E-state index in [2.05, 4.69) is 39.9 Å². The van der Waals surface area contributed by atoms with Crippen LogP contribution in [0.25, 0.3) is 0 Å². The summed E-state index contributed by atoms with van der Waals surface area (Å²) in [7, 11) is 1.97. The fraction of sp³-hybridized carbons (Fsp3) is 0.308. The van der Waals surface area contributed by atoms with Gasteiger partial charge in [-0.25, -0.2) is 4.98 Å². The summed E-state index contributed by atoms with van der Waals surface area (Å²) in [4.78, 5) is 5.15. The summed E-state index contributed by atoms with van der Waals surface area (Å²) in [6.45, 7) is 1.77. The number of nitrogens with zero attached hydrogens (tertiary/aromatic N) is 1. The molecule has 0 spiro atoms. The number of nitrogens with one attached hydrogen (secondary N) is 2. The summed E-state index contributed by atoms with van der Waals surface area (Å²) in [6.07, 6.45) is 2.86. The van der Waals surface area contributed by atoms with Crippen LogP contribution in [0.15, 0.2) is 30.5 Å². The molecule has 1 aromatic carbocycles. The molecular weight excluding hydrogens is 266 g/mol. The molecule has 96 valence electrons. The number of rotatable bonds is 6. The maximum atomic E-state index is 5.79. The molecule has 1 aromatic heterocycles. The first-order valence-corrected chi connectivity index (χ1v) is 7.05. The predicted molar refractivity (Wildman–Crippen MR) is 78.5 cm³/mol. The van der Waals surface area contributed by atoms with Crippen molar-refractivity contribution in [3.63, 3.8) is 0 Å². The van der Waals surface area contributed by atoms with Crippen LogP contribution in [-0.4, -0.2) is 18.6 Å². The van der Waals surface area contributed by atoms with Gasteiger partial charge in [0.05, 0.1) is 6.54 Å². The van der Waals surface area contributed by atoms with E-state index >= 15 is 0 Å². The fourth-order valence-corrected chi connectivity index (χ4v) is 2.53. The highest BCUT2D eigenvalue weighted by Crippen LogP contribution is 2.19. The molecule has 0 bridgehead atoms. The molecule has 0 amide bonds. The maximum absolute atomic E-state index is 5.79. The lowest BCUT2D eigenvalue weighted by Crippen LogP contribution is -2.10. The number of hydrogen-bond donors (Lipinski definition) is 2. The third-order valence-corrected chi connectivity index (χ3v) is 3.72. The van der Waals surface area contributed by atoms with E-state index in [1.54, 1.807) is 6.20 Å². The summed E-state index contributed by atoms with van der Waals surface area (Å²) in [5.74, 6) is 0. The van der Waals surface area contributed by atoms with Gasteiger partial charge < -0.3 is 10.6 Å². The van der Waals surface area contributed by atoms with E-state index < -0.39 is 0 Å². The van der Waals surface area contributed by atoms with Gasteiger partial charge in [-0.15, -0.1) is 11.3 Å². The second kappa shape index (κ2) is 6.73. The second-order valence-electron chi connectivity index (χ2n) is 3.98. The monoisotopic (exact) mass is 281 g/mol. The van der Waals surface area contributed by atoms with Crippen LogP contribution in [0.4, 0.5) is 5.69 Å². The minimum absolute atomic E-state index is 0.592. The van der Waals surface area contributed by atoms with Crippen LogP contribution in [-0.2, 0) is 13.0 Å². The summed E-state index contributed by atoms with van der Waals surface area (Å²) in [5.41, 5.74) is 2.46. The van der Waals surface area contributed by atoms with Crippen LogP contribution in [0, 0.1) is 0 Å². The zero-order valence-corrected chi connectivity index (χ0v) is 11.8. The molecule has 2 rings (SSSR count). The van der Waals surface area contributed by atoms with Crippen LogP contribution in [0.1, 0.15) is 10.4 Å². The lowest BCUT2D eigenvalue weighted by Gasteiger charge is -2.06. The van der Waals surface area contributed by atoms with Gasteiger partial charge in [-0.2, -0.15) is 0 Å². The number of aromatic nitrogens is 1. The van der Waals surface area contributed by atoms with Gasteiger partial charge in [0.15, 0.2) is 4.47 Å². The van der Waals surface area contributed by atoms with E-state index in [4.69, 9.17) is 11.6 Å². The molecule has 3 nitrogen and oxygen atoms in total. The highest BCUT2D eigenvalue weighted by Gasteiger charge is 1.99. The number of benzene rings is 1. The summed E-state index contributed by atoms with van der Waals surface area (Å²) in [6, 6.07) is 8.51. The van der Waals surface area contributed by atoms with Crippen molar-refractivity contribution in [3.05, 3.63) is 45.4 Å². The Bertz CT molecular complexity index is 481. The Morgan fingerprint density at radius 3 is 2.67 bits per heavy atom. The Morgan fingerprint density at radius 1 is 1.28 bits per heavy atom. The van der Waals surface area contributed by atoms with Gasteiger partial charge in [0.25, 0.3) is 0 Å². The molecule has 0 aliphatic carbocycles. The van der Waals surface area contributed by atoms with E-state index in [-0.39, 0.29) is 0 Å². The molecule has 0 radical (unpaired) electrons. The van der Waals surface area contributed by atoms with E-state index in [0.717, 1.165) is 30.1 Å². The molecule has 18 heavy (non-hydrogen) atoms. The van der Waals surface area contributed by atoms with Crippen molar-refractivity contribution in [1.82, 2.24) is 10.3 Å². The lowest BCUT2D eigenvalue weighted by molar-refractivity contribution is 0.792. The van der Waals surface area contributed by atoms with Crippen LogP contribution < -0.4 is 10.6 Å². The van der Waals surface area contributed by atoms with E-state index in [1.165, 1.54) is 16.9 Å². The first-order chi connectivity index (χ1) is 8.78.